The number of aryl methyl sites for hydroxylation is 1. The third kappa shape index (κ3) is 4.33. The highest BCUT2D eigenvalue weighted by Gasteiger charge is 2.18. The Bertz CT molecular complexity index is 411. The summed E-state index contributed by atoms with van der Waals surface area (Å²) in [5.41, 5.74) is 2.36. The van der Waals surface area contributed by atoms with Gasteiger partial charge in [0, 0.05) is 19.0 Å². The lowest BCUT2D eigenvalue weighted by molar-refractivity contribution is -0.122. The van der Waals surface area contributed by atoms with Crippen LogP contribution in [0.3, 0.4) is 0 Å². The normalized spacial score (nSPS) is 20.8. The molecule has 1 fully saturated rings. The van der Waals surface area contributed by atoms with Crippen molar-refractivity contribution in [2.24, 2.45) is 0 Å². The van der Waals surface area contributed by atoms with Crippen LogP contribution in [0.2, 0.25) is 0 Å². The molecule has 1 saturated heterocycles. The number of ether oxygens (including phenoxy) is 1. The quantitative estimate of drug-likeness (QED) is 0.865. The van der Waals surface area contributed by atoms with Gasteiger partial charge in [-0.25, -0.2) is 0 Å². The second-order valence-corrected chi connectivity index (χ2v) is 5.13. The second-order valence-electron chi connectivity index (χ2n) is 5.13. The molecular weight excluding hydrogens is 240 g/mol. The van der Waals surface area contributed by atoms with Gasteiger partial charge in [0.05, 0.1) is 19.3 Å². The molecule has 4 heteroatoms. The summed E-state index contributed by atoms with van der Waals surface area (Å²) in [7, 11) is 0. The minimum Gasteiger partial charge on any atom is -0.378 e. The summed E-state index contributed by atoms with van der Waals surface area (Å²) in [6.45, 7) is 6.24. The van der Waals surface area contributed by atoms with Gasteiger partial charge in [-0.2, -0.15) is 0 Å². The minimum atomic E-state index is 0.0395. The Morgan fingerprint density at radius 1 is 1.47 bits per heavy atom. The first-order valence-corrected chi connectivity index (χ1v) is 6.82. The Balaban J connectivity index is 1.82. The largest absolute Gasteiger partial charge is 0.378 e. The number of rotatable bonds is 4. The van der Waals surface area contributed by atoms with Gasteiger partial charge in [-0.15, -0.1) is 0 Å². The maximum atomic E-state index is 12.0. The first kappa shape index (κ1) is 14.0. The highest BCUT2D eigenvalue weighted by molar-refractivity contribution is 5.77. The first-order valence-electron chi connectivity index (χ1n) is 6.82. The van der Waals surface area contributed by atoms with Crippen LogP contribution in [0, 0.1) is 6.92 Å². The van der Waals surface area contributed by atoms with Crippen molar-refractivity contribution >= 4 is 5.91 Å². The summed E-state index contributed by atoms with van der Waals surface area (Å²) in [6, 6.07) is 8.42. The van der Waals surface area contributed by atoms with Crippen LogP contribution >= 0.6 is 0 Å². The third-order valence-corrected chi connectivity index (χ3v) is 3.39. The van der Waals surface area contributed by atoms with Crippen LogP contribution in [-0.2, 0) is 9.53 Å². The molecule has 0 aromatic heterocycles. The molecule has 1 heterocycles. The van der Waals surface area contributed by atoms with E-state index in [1.165, 1.54) is 5.56 Å². The van der Waals surface area contributed by atoms with E-state index in [1.54, 1.807) is 0 Å². The molecule has 1 amide bonds. The Morgan fingerprint density at radius 2 is 2.21 bits per heavy atom. The van der Waals surface area contributed by atoms with Crippen molar-refractivity contribution in [3.8, 4) is 0 Å². The SMILES string of the molecule is Cc1ccc([C@@H](C)NC(=O)CC2COCCN2)cc1. The molecule has 1 aliphatic rings. The molecule has 0 bridgehead atoms. The lowest BCUT2D eigenvalue weighted by atomic mass is 10.1. The summed E-state index contributed by atoms with van der Waals surface area (Å²) in [4.78, 5) is 12.0. The highest BCUT2D eigenvalue weighted by Crippen LogP contribution is 2.13. The average Bonchev–Trinajstić information content (AvgIpc) is 2.40. The molecule has 104 valence electrons. The highest BCUT2D eigenvalue weighted by atomic mass is 16.5. The van der Waals surface area contributed by atoms with Crippen molar-refractivity contribution in [2.45, 2.75) is 32.4 Å². The number of benzene rings is 1. The number of nitrogens with one attached hydrogen (secondary N) is 2. The van der Waals surface area contributed by atoms with E-state index in [4.69, 9.17) is 4.74 Å². The average molecular weight is 262 g/mol. The lowest BCUT2D eigenvalue weighted by Crippen LogP contribution is -2.44. The number of hydrogen-bond donors (Lipinski definition) is 2. The molecular formula is C15H22N2O2. The van der Waals surface area contributed by atoms with E-state index in [2.05, 4.69) is 41.8 Å². The van der Waals surface area contributed by atoms with E-state index in [0.29, 0.717) is 13.0 Å². The standard InChI is InChI=1S/C15H22N2O2/c1-11-3-5-13(6-4-11)12(2)17-15(18)9-14-10-19-8-7-16-14/h3-6,12,14,16H,7-10H2,1-2H3,(H,17,18)/t12-,14?/m1/s1. The zero-order chi connectivity index (χ0) is 13.7. The Morgan fingerprint density at radius 3 is 2.84 bits per heavy atom. The number of hydrogen-bond acceptors (Lipinski definition) is 3. The van der Waals surface area contributed by atoms with Crippen LogP contribution in [0.1, 0.15) is 30.5 Å². The van der Waals surface area contributed by atoms with Crippen molar-refractivity contribution in [1.29, 1.82) is 0 Å². The van der Waals surface area contributed by atoms with E-state index in [-0.39, 0.29) is 18.0 Å². The molecule has 2 atom stereocenters. The van der Waals surface area contributed by atoms with Crippen LogP contribution in [0.5, 0.6) is 0 Å². The summed E-state index contributed by atoms with van der Waals surface area (Å²) in [5, 5.41) is 6.31. The molecule has 0 spiro atoms. The van der Waals surface area contributed by atoms with Crippen molar-refractivity contribution in [3.63, 3.8) is 0 Å². The monoisotopic (exact) mass is 262 g/mol. The van der Waals surface area contributed by atoms with Gasteiger partial charge in [-0.05, 0) is 19.4 Å². The number of morpholine rings is 1. The van der Waals surface area contributed by atoms with E-state index < -0.39 is 0 Å². The van der Waals surface area contributed by atoms with Crippen LogP contribution in [-0.4, -0.2) is 31.7 Å². The lowest BCUT2D eigenvalue weighted by Gasteiger charge is -2.24. The van der Waals surface area contributed by atoms with E-state index >= 15 is 0 Å². The molecule has 2 N–H and O–H groups in total. The smallest absolute Gasteiger partial charge is 0.222 e. The molecule has 1 aromatic carbocycles. The van der Waals surface area contributed by atoms with Gasteiger partial charge in [0.15, 0.2) is 0 Å². The van der Waals surface area contributed by atoms with Crippen molar-refractivity contribution in [1.82, 2.24) is 10.6 Å². The summed E-state index contributed by atoms with van der Waals surface area (Å²) >= 11 is 0. The van der Waals surface area contributed by atoms with Crippen LogP contribution in [0.4, 0.5) is 0 Å². The van der Waals surface area contributed by atoms with E-state index in [9.17, 15) is 4.79 Å². The maximum Gasteiger partial charge on any atom is 0.222 e. The topological polar surface area (TPSA) is 50.4 Å². The maximum absolute atomic E-state index is 12.0. The minimum absolute atomic E-state index is 0.0395. The predicted octanol–water partition coefficient (Wildman–Crippen LogP) is 1.55. The molecule has 1 aliphatic heterocycles. The Kier molecular flexibility index (Phi) is 4.93. The summed E-state index contributed by atoms with van der Waals surface area (Å²) < 4.78 is 5.34. The Hall–Kier alpha value is -1.39. The van der Waals surface area contributed by atoms with Crippen LogP contribution in [0.15, 0.2) is 24.3 Å². The van der Waals surface area contributed by atoms with E-state index in [0.717, 1.165) is 18.7 Å². The predicted molar refractivity (Wildman–Crippen MR) is 75.0 cm³/mol. The molecule has 0 radical (unpaired) electrons. The van der Waals surface area contributed by atoms with Crippen LogP contribution in [0.25, 0.3) is 0 Å². The molecule has 1 unspecified atom stereocenters. The number of carbonyl (C=O) groups is 1. The van der Waals surface area contributed by atoms with Gasteiger partial charge in [0.1, 0.15) is 0 Å². The molecule has 0 aliphatic carbocycles. The fourth-order valence-corrected chi connectivity index (χ4v) is 2.21. The summed E-state index contributed by atoms with van der Waals surface area (Å²) in [5.74, 6) is 0.0658. The fraction of sp³-hybridized carbons (Fsp3) is 0.533. The van der Waals surface area contributed by atoms with Crippen molar-refractivity contribution < 1.29 is 9.53 Å². The Labute approximate surface area is 114 Å². The van der Waals surface area contributed by atoms with Gasteiger partial charge in [-0.1, -0.05) is 29.8 Å². The third-order valence-electron chi connectivity index (χ3n) is 3.39. The number of carbonyl (C=O) groups excluding carboxylic acids is 1. The second kappa shape index (κ2) is 6.68. The fourth-order valence-electron chi connectivity index (χ4n) is 2.21. The zero-order valence-corrected chi connectivity index (χ0v) is 11.6. The first-order chi connectivity index (χ1) is 9.15. The van der Waals surface area contributed by atoms with Gasteiger partial charge in [0.2, 0.25) is 5.91 Å². The number of amides is 1. The van der Waals surface area contributed by atoms with Gasteiger partial charge < -0.3 is 15.4 Å². The van der Waals surface area contributed by atoms with E-state index in [1.807, 2.05) is 6.92 Å². The molecule has 1 aromatic rings. The summed E-state index contributed by atoms with van der Waals surface area (Å²) in [6.07, 6.45) is 0.468. The molecule has 4 nitrogen and oxygen atoms in total. The van der Waals surface area contributed by atoms with Gasteiger partial charge in [0.25, 0.3) is 0 Å². The molecule has 2 rings (SSSR count). The molecule has 19 heavy (non-hydrogen) atoms. The van der Waals surface area contributed by atoms with Crippen molar-refractivity contribution in [3.05, 3.63) is 35.4 Å². The van der Waals surface area contributed by atoms with Crippen molar-refractivity contribution in [2.75, 3.05) is 19.8 Å². The van der Waals surface area contributed by atoms with Gasteiger partial charge in [-0.3, -0.25) is 4.79 Å². The zero-order valence-electron chi connectivity index (χ0n) is 11.6. The molecule has 0 saturated carbocycles. The van der Waals surface area contributed by atoms with Gasteiger partial charge >= 0.3 is 0 Å². The van der Waals surface area contributed by atoms with Crippen LogP contribution < -0.4 is 10.6 Å².